The van der Waals surface area contributed by atoms with Gasteiger partial charge in [0.15, 0.2) is 0 Å². The molecule has 0 aromatic heterocycles. The van der Waals surface area contributed by atoms with Gasteiger partial charge in [-0.15, -0.1) is 0 Å². The van der Waals surface area contributed by atoms with Gasteiger partial charge in [-0.05, 0) is 39.5 Å². The highest BCUT2D eigenvalue weighted by molar-refractivity contribution is 5.85. The highest BCUT2D eigenvalue weighted by Gasteiger charge is 2.37. The van der Waals surface area contributed by atoms with Gasteiger partial charge in [0.2, 0.25) is 5.91 Å². The van der Waals surface area contributed by atoms with E-state index >= 15 is 0 Å². The number of amides is 1. The minimum Gasteiger partial charge on any atom is -0.481 e. The summed E-state index contributed by atoms with van der Waals surface area (Å²) in [5.41, 5.74) is 2.29. The summed E-state index contributed by atoms with van der Waals surface area (Å²) in [6.07, 6.45) is 5.48. The van der Waals surface area contributed by atoms with Crippen molar-refractivity contribution in [3.8, 4) is 0 Å². The van der Waals surface area contributed by atoms with Crippen LogP contribution in [0, 0.1) is 11.8 Å². The van der Waals surface area contributed by atoms with Gasteiger partial charge in [-0.1, -0.05) is 24.0 Å². The molecule has 1 saturated carbocycles. The molecule has 1 amide bonds. The van der Waals surface area contributed by atoms with Crippen molar-refractivity contribution < 1.29 is 14.7 Å². The largest absolute Gasteiger partial charge is 0.481 e. The molecule has 0 aromatic rings. The average Bonchev–Trinajstić information content (AvgIpc) is 2.84. The monoisotopic (exact) mass is 265 g/mol. The lowest BCUT2D eigenvalue weighted by Crippen LogP contribution is -2.43. The van der Waals surface area contributed by atoms with Gasteiger partial charge in [0, 0.05) is 6.04 Å². The van der Waals surface area contributed by atoms with Crippen LogP contribution in [-0.4, -0.2) is 23.0 Å². The normalized spacial score (nSPS) is 28.5. The molecule has 0 saturated heterocycles. The Morgan fingerprint density at radius 2 is 1.58 bits per heavy atom. The number of carboxylic acids is 1. The molecule has 0 bridgehead atoms. The van der Waals surface area contributed by atoms with Gasteiger partial charge in [0.1, 0.15) is 0 Å². The Hall–Kier alpha value is -1.32. The summed E-state index contributed by atoms with van der Waals surface area (Å²) in [7, 11) is 0. The first-order chi connectivity index (χ1) is 8.99. The molecule has 4 heteroatoms. The maximum atomic E-state index is 12.3. The van der Waals surface area contributed by atoms with Crippen LogP contribution in [-0.2, 0) is 9.59 Å². The van der Waals surface area contributed by atoms with Crippen molar-refractivity contribution in [1.29, 1.82) is 0 Å². The number of nitrogens with one attached hydrogen (secondary N) is 1. The van der Waals surface area contributed by atoms with Gasteiger partial charge in [0.05, 0.1) is 11.8 Å². The molecule has 0 radical (unpaired) electrons. The highest BCUT2D eigenvalue weighted by Crippen LogP contribution is 2.34. The van der Waals surface area contributed by atoms with Gasteiger partial charge in [0.25, 0.3) is 0 Å². The second-order valence-electron chi connectivity index (χ2n) is 6.01. The number of allylic oxidation sites excluding steroid dienone is 2. The van der Waals surface area contributed by atoms with Crippen molar-refractivity contribution in [1.82, 2.24) is 5.32 Å². The van der Waals surface area contributed by atoms with Crippen LogP contribution < -0.4 is 5.32 Å². The summed E-state index contributed by atoms with van der Waals surface area (Å²) in [4.78, 5) is 23.7. The highest BCUT2D eigenvalue weighted by atomic mass is 16.4. The maximum Gasteiger partial charge on any atom is 0.307 e. The van der Waals surface area contributed by atoms with Gasteiger partial charge in [-0.25, -0.2) is 0 Å². The van der Waals surface area contributed by atoms with Crippen molar-refractivity contribution in [3.05, 3.63) is 11.1 Å². The molecular weight excluding hydrogens is 242 g/mol. The Labute approximate surface area is 114 Å². The SMILES string of the molecule is CC1=C(C)C[C@@H](C(=O)NC2CCCC2)[C@H](C(=O)O)C1. The molecule has 4 nitrogen and oxygen atoms in total. The fourth-order valence-corrected chi connectivity index (χ4v) is 3.21. The van der Waals surface area contributed by atoms with E-state index in [9.17, 15) is 14.7 Å². The first-order valence-corrected chi connectivity index (χ1v) is 7.17. The predicted molar refractivity (Wildman–Crippen MR) is 72.6 cm³/mol. The summed E-state index contributed by atoms with van der Waals surface area (Å²) < 4.78 is 0. The Morgan fingerprint density at radius 1 is 1.05 bits per heavy atom. The summed E-state index contributed by atoms with van der Waals surface area (Å²) in [5, 5.41) is 12.4. The van der Waals surface area contributed by atoms with Crippen LogP contribution in [0.4, 0.5) is 0 Å². The van der Waals surface area contributed by atoms with E-state index in [1.54, 1.807) is 0 Å². The van der Waals surface area contributed by atoms with Gasteiger partial charge >= 0.3 is 5.97 Å². The van der Waals surface area contributed by atoms with Crippen LogP contribution in [0.3, 0.4) is 0 Å². The number of carbonyl (C=O) groups is 2. The molecule has 2 N–H and O–H groups in total. The molecule has 0 aromatic carbocycles. The molecule has 106 valence electrons. The van der Waals surface area contributed by atoms with Crippen LogP contribution >= 0.6 is 0 Å². The van der Waals surface area contributed by atoms with Crippen molar-refractivity contribution in [3.63, 3.8) is 0 Å². The fourth-order valence-electron chi connectivity index (χ4n) is 3.21. The van der Waals surface area contributed by atoms with Gasteiger partial charge in [-0.2, -0.15) is 0 Å². The standard InChI is InChI=1S/C15H23NO3/c1-9-7-12(13(15(18)19)8-10(9)2)14(17)16-11-5-3-4-6-11/h11-13H,3-8H2,1-2H3,(H,16,17)(H,18,19)/t12-,13-/m1/s1. The van der Waals surface area contributed by atoms with E-state index in [1.807, 2.05) is 13.8 Å². The van der Waals surface area contributed by atoms with E-state index in [4.69, 9.17) is 0 Å². The molecule has 0 unspecified atom stereocenters. The lowest BCUT2D eigenvalue weighted by atomic mass is 9.76. The Balaban J connectivity index is 2.07. The smallest absolute Gasteiger partial charge is 0.307 e. The van der Waals surface area contributed by atoms with E-state index in [0.717, 1.165) is 31.3 Å². The van der Waals surface area contributed by atoms with E-state index < -0.39 is 17.8 Å². The van der Waals surface area contributed by atoms with Crippen molar-refractivity contribution >= 4 is 11.9 Å². The summed E-state index contributed by atoms with van der Waals surface area (Å²) in [6.45, 7) is 3.97. The molecule has 2 atom stereocenters. The fraction of sp³-hybridized carbons (Fsp3) is 0.733. The van der Waals surface area contributed by atoms with Crippen LogP contribution in [0.25, 0.3) is 0 Å². The lowest BCUT2D eigenvalue weighted by Gasteiger charge is -2.30. The molecule has 2 aliphatic carbocycles. The zero-order valence-corrected chi connectivity index (χ0v) is 11.7. The molecule has 0 aliphatic heterocycles. The number of hydrogen-bond acceptors (Lipinski definition) is 2. The molecular formula is C15H23NO3. The number of hydrogen-bond donors (Lipinski definition) is 2. The molecule has 2 aliphatic rings. The summed E-state index contributed by atoms with van der Waals surface area (Å²) in [5.74, 6) is -1.88. The second-order valence-corrected chi connectivity index (χ2v) is 6.01. The minimum absolute atomic E-state index is 0.0637. The number of carbonyl (C=O) groups excluding carboxylic acids is 1. The van der Waals surface area contributed by atoms with Crippen molar-refractivity contribution in [2.24, 2.45) is 11.8 Å². The third-order valence-electron chi connectivity index (χ3n) is 4.62. The molecule has 1 fully saturated rings. The lowest BCUT2D eigenvalue weighted by molar-refractivity contribution is -0.147. The molecule has 0 spiro atoms. The van der Waals surface area contributed by atoms with E-state index in [0.29, 0.717) is 12.8 Å². The second kappa shape index (κ2) is 5.76. The predicted octanol–water partition coefficient (Wildman–Crippen LogP) is 2.49. The van der Waals surface area contributed by atoms with Crippen LogP contribution in [0.15, 0.2) is 11.1 Å². The van der Waals surface area contributed by atoms with E-state index in [2.05, 4.69) is 5.32 Å². The quantitative estimate of drug-likeness (QED) is 0.770. The van der Waals surface area contributed by atoms with Crippen LogP contribution in [0.5, 0.6) is 0 Å². The zero-order chi connectivity index (χ0) is 14.0. The number of aliphatic carboxylic acids is 1. The molecule has 19 heavy (non-hydrogen) atoms. The van der Waals surface area contributed by atoms with Crippen LogP contribution in [0.1, 0.15) is 52.4 Å². The third kappa shape index (κ3) is 3.17. The van der Waals surface area contributed by atoms with E-state index in [1.165, 1.54) is 5.57 Å². The topological polar surface area (TPSA) is 66.4 Å². The molecule has 0 heterocycles. The average molecular weight is 265 g/mol. The van der Waals surface area contributed by atoms with Gasteiger partial charge in [-0.3, -0.25) is 9.59 Å². The summed E-state index contributed by atoms with van der Waals surface area (Å²) in [6, 6.07) is 0.259. The van der Waals surface area contributed by atoms with Crippen molar-refractivity contribution in [2.75, 3.05) is 0 Å². The Bertz CT molecular complexity index is 408. The van der Waals surface area contributed by atoms with Crippen LogP contribution in [0.2, 0.25) is 0 Å². The minimum atomic E-state index is -0.849. The Kier molecular flexibility index (Phi) is 4.27. The first-order valence-electron chi connectivity index (χ1n) is 7.17. The summed E-state index contributed by atoms with van der Waals surface area (Å²) >= 11 is 0. The van der Waals surface area contributed by atoms with E-state index in [-0.39, 0.29) is 11.9 Å². The zero-order valence-electron chi connectivity index (χ0n) is 11.7. The number of rotatable bonds is 3. The first kappa shape index (κ1) is 14.1. The third-order valence-corrected chi connectivity index (χ3v) is 4.62. The Morgan fingerprint density at radius 3 is 2.11 bits per heavy atom. The maximum absolute atomic E-state index is 12.3. The number of carboxylic acid groups (broad SMARTS) is 1. The van der Waals surface area contributed by atoms with Gasteiger partial charge < -0.3 is 10.4 Å². The molecule has 2 rings (SSSR count). The van der Waals surface area contributed by atoms with Crippen molar-refractivity contribution in [2.45, 2.75) is 58.4 Å².